The van der Waals surface area contributed by atoms with E-state index in [4.69, 9.17) is 11.6 Å². The molecule has 0 aromatic heterocycles. The van der Waals surface area contributed by atoms with Crippen LogP contribution >= 0.6 is 11.6 Å². The van der Waals surface area contributed by atoms with Crippen LogP contribution in [-0.2, 0) is 10.0 Å². The van der Waals surface area contributed by atoms with Crippen LogP contribution in [-0.4, -0.2) is 39.0 Å². The topological polar surface area (TPSA) is 49.4 Å². The summed E-state index contributed by atoms with van der Waals surface area (Å²) in [5.74, 6) is -0.261. The van der Waals surface area contributed by atoms with Crippen LogP contribution in [0.3, 0.4) is 0 Å². The summed E-state index contributed by atoms with van der Waals surface area (Å²) in [4.78, 5) is 2.58. The predicted octanol–water partition coefficient (Wildman–Crippen LogP) is 3.41. The zero-order valence-corrected chi connectivity index (χ0v) is 15.3. The molecular weight excluding hydrogens is 351 g/mol. The Morgan fingerprint density at radius 3 is 2.46 bits per heavy atom. The molecule has 0 bridgehead atoms. The van der Waals surface area contributed by atoms with Crippen molar-refractivity contribution in [2.45, 2.75) is 49.5 Å². The number of nitrogens with one attached hydrogen (secondary N) is 1. The van der Waals surface area contributed by atoms with E-state index in [1.54, 1.807) is 0 Å². The van der Waals surface area contributed by atoms with Gasteiger partial charge in [-0.25, -0.2) is 17.5 Å². The van der Waals surface area contributed by atoms with Crippen LogP contribution in [0.25, 0.3) is 0 Å². The summed E-state index contributed by atoms with van der Waals surface area (Å²) in [6.45, 7) is 2.54. The van der Waals surface area contributed by atoms with Crippen LogP contribution in [0.15, 0.2) is 23.1 Å². The number of sulfonamides is 1. The molecule has 0 radical (unpaired) electrons. The van der Waals surface area contributed by atoms with E-state index in [1.807, 2.05) is 0 Å². The maximum absolute atomic E-state index is 13.2. The van der Waals surface area contributed by atoms with Gasteiger partial charge in [0.25, 0.3) is 0 Å². The van der Waals surface area contributed by atoms with Gasteiger partial charge in [0, 0.05) is 12.6 Å². The van der Waals surface area contributed by atoms with Crippen molar-refractivity contribution in [1.82, 2.24) is 9.62 Å². The molecule has 2 aliphatic rings. The molecule has 0 unspecified atom stereocenters. The van der Waals surface area contributed by atoms with Crippen molar-refractivity contribution in [3.8, 4) is 0 Å². The third-order valence-electron chi connectivity index (χ3n) is 5.25. The fourth-order valence-electron chi connectivity index (χ4n) is 3.75. The molecule has 1 aromatic rings. The molecule has 1 aliphatic carbocycles. The standard InChI is InChI=1S/C17H24ClFN2O2S/c18-16-11-15(5-6-17(16)19)24(22,23)20-12-13-7-9-21(10-8-13)14-3-1-2-4-14/h5-6,11,13-14,20H,1-4,7-10,12H2. The zero-order valence-electron chi connectivity index (χ0n) is 13.7. The molecule has 2 fully saturated rings. The van der Waals surface area contributed by atoms with Crippen LogP contribution in [0.1, 0.15) is 38.5 Å². The van der Waals surface area contributed by atoms with Gasteiger partial charge in [-0.15, -0.1) is 0 Å². The van der Waals surface area contributed by atoms with E-state index in [1.165, 1.54) is 31.7 Å². The van der Waals surface area contributed by atoms with E-state index in [0.29, 0.717) is 12.5 Å². The van der Waals surface area contributed by atoms with Crippen LogP contribution in [0.4, 0.5) is 4.39 Å². The predicted molar refractivity (Wildman–Crippen MR) is 93.2 cm³/mol. The molecule has 0 amide bonds. The first-order valence-electron chi connectivity index (χ1n) is 8.64. The Bertz CT molecular complexity index is 669. The van der Waals surface area contributed by atoms with Gasteiger partial charge in [0.15, 0.2) is 0 Å². The van der Waals surface area contributed by atoms with Crippen LogP contribution < -0.4 is 4.72 Å². The smallest absolute Gasteiger partial charge is 0.240 e. The quantitative estimate of drug-likeness (QED) is 0.859. The lowest BCUT2D eigenvalue weighted by molar-refractivity contribution is 0.135. The summed E-state index contributed by atoms with van der Waals surface area (Å²) >= 11 is 5.67. The number of rotatable bonds is 5. The van der Waals surface area contributed by atoms with Gasteiger partial charge in [-0.05, 0) is 62.9 Å². The number of benzene rings is 1. The number of piperidine rings is 1. The van der Waals surface area contributed by atoms with Crippen LogP contribution in [0.5, 0.6) is 0 Å². The molecule has 0 atom stereocenters. The second kappa shape index (κ2) is 7.68. The molecule has 1 saturated heterocycles. The third-order valence-corrected chi connectivity index (χ3v) is 6.96. The summed E-state index contributed by atoms with van der Waals surface area (Å²) in [6.07, 6.45) is 7.33. The summed E-state index contributed by atoms with van der Waals surface area (Å²) in [5.41, 5.74) is 0. The van der Waals surface area contributed by atoms with Crippen LogP contribution in [0, 0.1) is 11.7 Å². The fourth-order valence-corrected chi connectivity index (χ4v) is 5.13. The lowest BCUT2D eigenvalue weighted by atomic mass is 9.96. The summed E-state index contributed by atoms with van der Waals surface area (Å²) in [7, 11) is -3.64. The minimum absolute atomic E-state index is 0.0114. The van der Waals surface area contributed by atoms with Crippen molar-refractivity contribution in [2.75, 3.05) is 19.6 Å². The highest BCUT2D eigenvalue weighted by Crippen LogP contribution is 2.28. The molecule has 134 valence electrons. The van der Waals surface area contributed by atoms with E-state index in [-0.39, 0.29) is 9.92 Å². The lowest BCUT2D eigenvalue weighted by Gasteiger charge is -2.36. The molecule has 3 rings (SSSR count). The average Bonchev–Trinajstić information content (AvgIpc) is 3.10. The molecule has 24 heavy (non-hydrogen) atoms. The van der Waals surface area contributed by atoms with Crippen molar-refractivity contribution in [2.24, 2.45) is 5.92 Å². The summed E-state index contributed by atoms with van der Waals surface area (Å²) in [5, 5.41) is -0.178. The Hall–Kier alpha value is -0.690. The second-order valence-corrected chi connectivity index (χ2v) is 9.02. The monoisotopic (exact) mass is 374 g/mol. The molecule has 1 aliphatic heterocycles. The fraction of sp³-hybridized carbons (Fsp3) is 0.647. The number of hydrogen-bond acceptors (Lipinski definition) is 3. The van der Waals surface area contributed by atoms with Crippen molar-refractivity contribution in [1.29, 1.82) is 0 Å². The van der Waals surface area contributed by atoms with Gasteiger partial charge in [-0.1, -0.05) is 24.4 Å². The first-order chi connectivity index (χ1) is 11.5. The highest BCUT2D eigenvalue weighted by molar-refractivity contribution is 7.89. The molecule has 0 spiro atoms. The minimum Gasteiger partial charge on any atom is -0.300 e. The van der Waals surface area contributed by atoms with Gasteiger partial charge < -0.3 is 4.90 Å². The lowest BCUT2D eigenvalue weighted by Crippen LogP contribution is -2.42. The highest BCUT2D eigenvalue weighted by atomic mass is 35.5. The van der Waals surface area contributed by atoms with E-state index in [0.717, 1.165) is 44.1 Å². The molecule has 1 aromatic carbocycles. The van der Waals surface area contributed by atoms with Gasteiger partial charge in [0.1, 0.15) is 5.82 Å². The van der Waals surface area contributed by atoms with Crippen LogP contribution in [0.2, 0.25) is 5.02 Å². The first kappa shape index (κ1) is 18.1. The number of halogens is 2. The number of hydrogen-bond donors (Lipinski definition) is 1. The van der Waals surface area contributed by atoms with Gasteiger partial charge in [-0.2, -0.15) is 0 Å². The third kappa shape index (κ3) is 4.28. The van der Waals surface area contributed by atoms with Gasteiger partial charge >= 0.3 is 0 Å². The van der Waals surface area contributed by atoms with Crippen molar-refractivity contribution < 1.29 is 12.8 Å². The number of likely N-dealkylation sites (tertiary alicyclic amines) is 1. The zero-order chi connectivity index (χ0) is 17.2. The first-order valence-corrected chi connectivity index (χ1v) is 10.5. The summed E-state index contributed by atoms with van der Waals surface area (Å²) < 4.78 is 40.4. The molecule has 4 nitrogen and oxygen atoms in total. The Morgan fingerprint density at radius 1 is 1.17 bits per heavy atom. The average molecular weight is 375 g/mol. The normalized spacial score (nSPS) is 21.4. The minimum atomic E-state index is -3.64. The van der Waals surface area contributed by atoms with E-state index in [9.17, 15) is 12.8 Å². The molecule has 7 heteroatoms. The molecular formula is C17H24ClFN2O2S. The van der Waals surface area contributed by atoms with Crippen molar-refractivity contribution >= 4 is 21.6 Å². The van der Waals surface area contributed by atoms with Crippen molar-refractivity contribution in [3.63, 3.8) is 0 Å². The molecule has 1 saturated carbocycles. The molecule has 1 heterocycles. The summed E-state index contributed by atoms with van der Waals surface area (Å²) in [6, 6.07) is 4.22. The van der Waals surface area contributed by atoms with Gasteiger partial charge in [0.05, 0.1) is 9.92 Å². The van der Waals surface area contributed by atoms with Gasteiger partial charge in [-0.3, -0.25) is 0 Å². The highest BCUT2D eigenvalue weighted by Gasteiger charge is 2.27. The number of nitrogens with zero attached hydrogens (tertiary/aromatic N) is 1. The van der Waals surface area contributed by atoms with E-state index in [2.05, 4.69) is 9.62 Å². The maximum atomic E-state index is 13.2. The Morgan fingerprint density at radius 2 is 1.83 bits per heavy atom. The molecule has 1 N–H and O–H groups in total. The van der Waals surface area contributed by atoms with E-state index >= 15 is 0 Å². The Balaban J connectivity index is 1.51. The maximum Gasteiger partial charge on any atom is 0.240 e. The second-order valence-electron chi connectivity index (χ2n) is 6.85. The van der Waals surface area contributed by atoms with E-state index < -0.39 is 15.8 Å². The Labute approximate surface area is 148 Å². The largest absolute Gasteiger partial charge is 0.300 e. The van der Waals surface area contributed by atoms with Crippen molar-refractivity contribution in [3.05, 3.63) is 29.0 Å². The Kier molecular flexibility index (Phi) is 5.80. The van der Waals surface area contributed by atoms with Gasteiger partial charge in [0.2, 0.25) is 10.0 Å². The SMILES string of the molecule is O=S(=O)(NCC1CCN(C2CCCC2)CC1)c1ccc(F)c(Cl)c1.